The van der Waals surface area contributed by atoms with Crippen molar-refractivity contribution in [2.24, 2.45) is 5.92 Å². The molecule has 25 heavy (non-hydrogen) atoms. The zero-order chi connectivity index (χ0) is 17.8. The van der Waals surface area contributed by atoms with Crippen LogP contribution in [0.2, 0.25) is 0 Å². The van der Waals surface area contributed by atoms with Gasteiger partial charge in [-0.1, -0.05) is 5.16 Å². The minimum atomic E-state index is -0.381. The average molecular weight is 346 g/mol. The number of carbonyl (C=O) groups is 2. The van der Waals surface area contributed by atoms with E-state index in [4.69, 9.17) is 4.52 Å². The number of carbonyl (C=O) groups excluding carboxylic acids is 2. The molecule has 0 aliphatic carbocycles. The first-order valence-electron chi connectivity index (χ1n) is 8.35. The highest BCUT2D eigenvalue weighted by Gasteiger charge is 2.42. The number of aromatic nitrogens is 4. The lowest BCUT2D eigenvalue weighted by molar-refractivity contribution is -0.128. The zero-order valence-electron chi connectivity index (χ0n) is 14.4. The Bertz CT molecular complexity index is 726. The third kappa shape index (κ3) is 4.04. The lowest BCUT2D eigenvalue weighted by Crippen LogP contribution is -2.36. The third-order valence-corrected chi connectivity index (χ3v) is 4.38. The predicted molar refractivity (Wildman–Crippen MR) is 87.4 cm³/mol. The second-order valence-corrected chi connectivity index (χ2v) is 6.23. The summed E-state index contributed by atoms with van der Waals surface area (Å²) in [6, 6.07) is 1.87. The molecular weight excluding hydrogens is 324 g/mol. The molecular formula is C16H22N6O3. The smallest absolute Gasteiger partial charge is 0.232 e. The van der Waals surface area contributed by atoms with Crippen molar-refractivity contribution in [1.82, 2.24) is 30.1 Å². The monoisotopic (exact) mass is 346 g/mol. The number of hydrogen-bond acceptors (Lipinski definition) is 6. The minimum absolute atomic E-state index is 0.0600. The fraction of sp³-hybridized carbons (Fsp3) is 0.562. The van der Waals surface area contributed by atoms with Crippen molar-refractivity contribution in [3.05, 3.63) is 30.2 Å². The zero-order valence-corrected chi connectivity index (χ0v) is 14.4. The fourth-order valence-electron chi connectivity index (χ4n) is 3.06. The summed E-state index contributed by atoms with van der Waals surface area (Å²) in [5, 5.41) is 10.9. The molecule has 134 valence electrons. The molecule has 3 heterocycles. The van der Waals surface area contributed by atoms with E-state index in [1.165, 1.54) is 6.92 Å². The first kappa shape index (κ1) is 17.1. The summed E-state index contributed by atoms with van der Waals surface area (Å²) < 4.78 is 7.06. The SMILES string of the molecule is CC(=O)N1C[C@@H](C(=O)NCCCn2cccn2)[C@H](c2nc(C)no2)C1. The van der Waals surface area contributed by atoms with Crippen LogP contribution in [0.25, 0.3) is 0 Å². The fourth-order valence-corrected chi connectivity index (χ4v) is 3.06. The van der Waals surface area contributed by atoms with Crippen molar-refractivity contribution < 1.29 is 14.1 Å². The largest absolute Gasteiger partial charge is 0.356 e. The Hall–Kier alpha value is -2.71. The van der Waals surface area contributed by atoms with E-state index in [0.717, 1.165) is 13.0 Å². The molecule has 1 fully saturated rings. The Morgan fingerprint density at radius 2 is 2.24 bits per heavy atom. The molecule has 0 bridgehead atoms. The molecule has 0 aromatic carbocycles. The van der Waals surface area contributed by atoms with Gasteiger partial charge < -0.3 is 14.7 Å². The van der Waals surface area contributed by atoms with Gasteiger partial charge in [0.25, 0.3) is 0 Å². The number of hydrogen-bond donors (Lipinski definition) is 1. The van der Waals surface area contributed by atoms with Crippen molar-refractivity contribution in [1.29, 1.82) is 0 Å². The van der Waals surface area contributed by atoms with E-state index in [9.17, 15) is 9.59 Å². The van der Waals surface area contributed by atoms with Crippen LogP contribution in [-0.4, -0.2) is 56.3 Å². The van der Waals surface area contributed by atoms with Crippen LogP contribution >= 0.6 is 0 Å². The molecule has 0 unspecified atom stereocenters. The molecule has 1 saturated heterocycles. The number of likely N-dealkylation sites (tertiary alicyclic amines) is 1. The highest BCUT2D eigenvalue weighted by Crippen LogP contribution is 2.32. The molecule has 2 aromatic heterocycles. The van der Waals surface area contributed by atoms with Gasteiger partial charge in [0.05, 0.1) is 11.8 Å². The van der Waals surface area contributed by atoms with Gasteiger partial charge in [-0.15, -0.1) is 0 Å². The van der Waals surface area contributed by atoms with Gasteiger partial charge in [-0.2, -0.15) is 10.1 Å². The maximum absolute atomic E-state index is 12.6. The molecule has 2 aromatic rings. The summed E-state index contributed by atoms with van der Waals surface area (Å²) >= 11 is 0. The van der Waals surface area contributed by atoms with Gasteiger partial charge in [-0.3, -0.25) is 14.3 Å². The van der Waals surface area contributed by atoms with E-state index in [-0.39, 0.29) is 23.7 Å². The second-order valence-electron chi connectivity index (χ2n) is 6.23. The minimum Gasteiger partial charge on any atom is -0.356 e. The van der Waals surface area contributed by atoms with Gasteiger partial charge >= 0.3 is 0 Å². The molecule has 2 amide bonds. The maximum Gasteiger partial charge on any atom is 0.232 e. The molecule has 1 N–H and O–H groups in total. The number of aryl methyl sites for hydroxylation is 2. The molecule has 2 atom stereocenters. The standard InChI is InChI=1S/C16H22N6O3/c1-11-19-16(25-20-11)14-10-21(12(2)23)9-13(14)15(24)17-5-3-7-22-8-4-6-18-22/h4,6,8,13-14H,3,5,7,9-10H2,1-2H3,(H,17,24)/t13-,14-/m1/s1. The van der Waals surface area contributed by atoms with Crippen LogP contribution in [0.1, 0.15) is 31.0 Å². The Labute approximate surface area is 145 Å². The predicted octanol–water partition coefficient (Wildman–Crippen LogP) is 0.343. The molecule has 9 nitrogen and oxygen atoms in total. The van der Waals surface area contributed by atoms with Gasteiger partial charge in [-0.25, -0.2) is 0 Å². The highest BCUT2D eigenvalue weighted by molar-refractivity contribution is 5.82. The van der Waals surface area contributed by atoms with Gasteiger partial charge in [0.15, 0.2) is 5.82 Å². The third-order valence-electron chi connectivity index (χ3n) is 4.38. The van der Waals surface area contributed by atoms with Crippen LogP contribution in [0, 0.1) is 12.8 Å². The van der Waals surface area contributed by atoms with Crippen LogP contribution in [0.5, 0.6) is 0 Å². The summed E-state index contributed by atoms with van der Waals surface area (Å²) in [6.45, 7) is 5.30. The van der Waals surface area contributed by atoms with E-state index in [1.54, 1.807) is 18.0 Å². The summed E-state index contributed by atoms with van der Waals surface area (Å²) in [5.41, 5.74) is 0. The number of rotatable bonds is 6. The summed E-state index contributed by atoms with van der Waals surface area (Å²) in [6.07, 6.45) is 4.39. The molecule has 0 radical (unpaired) electrons. The number of nitrogens with zero attached hydrogens (tertiary/aromatic N) is 5. The van der Waals surface area contributed by atoms with Crippen molar-refractivity contribution in [2.75, 3.05) is 19.6 Å². The summed E-state index contributed by atoms with van der Waals surface area (Å²) in [5.74, 6) is 0.137. The maximum atomic E-state index is 12.6. The lowest BCUT2D eigenvalue weighted by Gasteiger charge is -2.15. The van der Waals surface area contributed by atoms with Gasteiger partial charge in [0.1, 0.15) is 0 Å². The van der Waals surface area contributed by atoms with E-state index < -0.39 is 0 Å². The average Bonchev–Trinajstić information content (AvgIpc) is 3.31. The molecule has 1 aliphatic rings. The van der Waals surface area contributed by atoms with Crippen molar-refractivity contribution in [3.8, 4) is 0 Å². The Balaban J connectivity index is 1.58. The van der Waals surface area contributed by atoms with E-state index in [1.807, 2.05) is 16.9 Å². The molecule has 1 aliphatic heterocycles. The Morgan fingerprint density at radius 3 is 2.88 bits per heavy atom. The van der Waals surface area contributed by atoms with Crippen LogP contribution in [0.4, 0.5) is 0 Å². The Morgan fingerprint density at radius 1 is 1.40 bits per heavy atom. The molecule has 9 heteroatoms. The van der Waals surface area contributed by atoms with Crippen molar-refractivity contribution in [2.45, 2.75) is 32.7 Å². The molecule has 0 spiro atoms. The van der Waals surface area contributed by atoms with Gasteiger partial charge in [0.2, 0.25) is 17.7 Å². The summed E-state index contributed by atoms with van der Waals surface area (Å²) in [4.78, 5) is 30.2. The van der Waals surface area contributed by atoms with Crippen molar-refractivity contribution >= 4 is 11.8 Å². The van der Waals surface area contributed by atoms with Gasteiger partial charge in [0, 0.05) is 45.5 Å². The first-order valence-corrected chi connectivity index (χ1v) is 8.35. The number of amides is 2. The van der Waals surface area contributed by atoms with E-state index in [0.29, 0.717) is 31.3 Å². The summed E-state index contributed by atoms with van der Waals surface area (Å²) in [7, 11) is 0. The van der Waals surface area contributed by atoms with Crippen molar-refractivity contribution in [3.63, 3.8) is 0 Å². The second kappa shape index (κ2) is 7.45. The van der Waals surface area contributed by atoms with Crippen LogP contribution in [0.3, 0.4) is 0 Å². The molecule has 0 saturated carbocycles. The van der Waals surface area contributed by atoms with Crippen LogP contribution in [-0.2, 0) is 16.1 Å². The normalized spacial score (nSPS) is 20.0. The van der Waals surface area contributed by atoms with E-state index >= 15 is 0 Å². The first-order chi connectivity index (χ1) is 12.0. The van der Waals surface area contributed by atoms with Crippen LogP contribution in [0.15, 0.2) is 23.0 Å². The Kier molecular flexibility index (Phi) is 5.11. The van der Waals surface area contributed by atoms with E-state index in [2.05, 4.69) is 20.6 Å². The van der Waals surface area contributed by atoms with Gasteiger partial charge in [-0.05, 0) is 19.4 Å². The van der Waals surface area contributed by atoms with Crippen LogP contribution < -0.4 is 5.32 Å². The lowest BCUT2D eigenvalue weighted by atomic mass is 9.95. The highest BCUT2D eigenvalue weighted by atomic mass is 16.5. The quantitative estimate of drug-likeness (QED) is 0.756. The number of nitrogens with one attached hydrogen (secondary N) is 1. The topological polar surface area (TPSA) is 106 Å². The molecule has 3 rings (SSSR count).